The second kappa shape index (κ2) is 6.05. The van der Waals surface area contributed by atoms with E-state index in [1.54, 1.807) is 18.2 Å². The first kappa shape index (κ1) is 13.9. The second-order valence-corrected chi connectivity index (χ2v) is 5.31. The van der Waals surface area contributed by atoms with Crippen molar-refractivity contribution < 1.29 is 4.79 Å². The molecule has 0 bridgehead atoms. The summed E-state index contributed by atoms with van der Waals surface area (Å²) in [6.45, 7) is 0. The first-order valence-electron chi connectivity index (χ1n) is 6.36. The minimum Gasteiger partial charge on any atom is -0.328 e. The molecule has 100 valence electrons. The molecule has 2 rings (SSSR count). The Morgan fingerprint density at radius 2 is 2.05 bits per heavy atom. The minimum atomic E-state index is 0.00711. The monoisotopic (exact) mass is 277 g/mol. The first-order chi connectivity index (χ1) is 9.10. The summed E-state index contributed by atoms with van der Waals surface area (Å²) in [5.41, 5.74) is 6.86. The van der Waals surface area contributed by atoms with E-state index in [1.165, 1.54) is 0 Å². The fourth-order valence-corrected chi connectivity index (χ4v) is 2.53. The van der Waals surface area contributed by atoms with Crippen LogP contribution in [0.2, 0.25) is 5.02 Å². The summed E-state index contributed by atoms with van der Waals surface area (Å²) in [5.74, 6) is 0.0295. The van der Waals surface area contributed by atoms with Crippen LogP contribution in [-0.4, -0.2) is 11.9 Å². The van der Waals surface area contributed by atoms with Gasteiger partial charge in [0, 0.05) is 17.6 Å². The zero-order valence-electron chi connectivity index (χ0n) is 10.5. The molecule has 0 unspecified atom stereocenters. The number of anilines is 1. The lowest BCUT2D eigenvalue weighted by molar-refractivity contribution is -0.120. The van der Waals surface area contributed by atoms with Gasteiger partial charge >= 0.3 is 0 Å². The van der Waals surface area contributed by atoms with E-state index in [0.717, 1.165) is 25.7 Å². The van der Waals surface area contributed by atoms with E-state index in [1.807, 2.05) is 6.07 Å². The number of hydrogen-bond donors (Lipinski definition) is 2. The molecule has 0 aliphatic heterocycles. The van der Waals surface area contributed by atoms with Crippen molar-refractivity contribution in [2.75, 3.05) is 5.32 Å². The topological polar surface area (TPSA) is 78.9 Å². The van der Waals surface area contributed by atoms with Crippen molar-refractivity contribution >= 4 is 23.2 Å². The molecule has 3 N–H and O–H groups in total. The zero-order chi connectivity index (χ0) is 13.8. The van der Waals surface area contributed by atoms with E-state index in [9.17, 15) is 4.79 Å². The zero-order valence-corrected chi connectivity index (χ0v) is 11.3. The van der Waals surface area contributed by atoms with Crippen LogP contribution >= 0.6 is 11.6 Å². The summed E-state index contributed by atoms with van der Waals surface area (Å²) >= 11 is 5.93. The normalized spacial score (nSPS) is 22.6. The van der Waals surface area contributed by atoms with Crippen LogP contribution in [0.1, 0.15) is 31.2 Å². The predicted molar refractivity (Wildman–Crippen MR) is 74.7 cm³/mol. The Hall–Kier alpha value is -1.57. The van der Waals surface area contributed by atoms with Gasteiger partial charge in [0.25, 0.3) is 0 Å². The fourth-order valence-electron chi connectivity index (χ4n) is 2.31. The lowest BCUT2D eigenvalue weighted by Gasteiger charge is -2.25. The minimum absolute atomic E-state index is 0.00711. The molecular formula is C14H16ClN3O. The molecule has 0 heterocycles. The molecular weight excluding hydrogens is 262 g/mol. The number of rotatable bonds is 2. The maximum atomic E-state index is 12.1. The van der Waals surface area contributed by atoms with Gasteiger partial charge in [-0.2, -0.15) is 5.26 Å². The molecule has 1 aliphatic carbocycles. The van der Waals surface area contributed by atoms with Gasteiger partial charge in [-0.25, -0.2) is 0 Å². The SMILES string of the molecule is N#Cc1ccc(NC(=O)C2CCC(N)CC2)cc1Cl. The van der Waals surface area contributed by atoms with Crippen LogP contribution in [0.5, 0.6) is 0 Å². The van der Waals surface area contributed by atoms with E-state index in [2.05, 4.69) is 5.32 Å². The van der Waals surface area contributed by atoms with Crippen LogP contribution in [0.4, 0.5) is 5.69 Å². The van der Waals surface area contributed by atoms with Gasteiger partial charge in [0.2, 0.25) is 5.91 Å². The number of nitriles is 1. The Labute approximate surface area is 117 Å². The number of halogens is 1. The standard InChI is InChI=1S/C14H16ClN3O/c15-13-7-12(6-3-10(13)8-16)18-14(19)9-1-4-11(17)5-2-9/h3,6-7,9,11H,1-2,4-5,17H2,(H,18,19). The highest BCUT2D eigenvalue weighted by atomic mass is 35.5. The second-order valence-electron chi connectivity index (χ2n) is 4.91. The number of carbonyl (C=O) groups excluding carboxylic acids is 1. The number of nitrogens with one attached hydrogen (secondary N) is 1. The summed E-state index contributed by atoms with van der Waals surface area (Å²) in [4.78, 5) is 12.1. The van der Waals surface area contributed by atoms with Gasteiger partial charge in [0.05, 0.1) is 10.6 Å². The molecule has 0 spiro atoms. The van der Waals surface area contributed by atoms with E-state index in [0.29, 0.717) is 16.3 Å². The van der Waals surface area contributed by atoms with Crippen LogP contribution in [0.25, 0.3) is 0 Å². The highest BCUT2D eigenvalue weighted by Gasteiger charge is 2.24. The summed E-state index contributed by atoms with van der Waals surface area (Å²) in [6, 6.07) is 7.12. The van der Waals surface area contributed by atoms with Crippen molar-refractivity contribution in [2.24, 2.45) is 11.7 Å². The van der Waals surface area contributed by atoms with E-state index < -0.39 is 0 Å². The molecule has 0 radical (unpaired) electrons. The molecule has 4 nitrogen and oxygen atoms in total. The van der Waals surface area contributed by atoms with Gasteiger partial charge in [-0.1, -0.05) is 11.6 Å². The van der Waals surface area contributed by atoms with Crippen molar-refractivity contribution in [1.82, 2.24) is 0 Å². The number of carbonyl (C=O) groups is 1. The van der Waals surface area contributed by atoms with Gasteiger partial charge in [0.15, 0.2) is 0 Å². The predicted octanol–water partition coefficient (Wildman–Crippen LogP) is 2.67. The number of nitrogens with two attached hydrogens (primary N) is 1. The van der Waals surface area contributed by atoms with Crippen LogP contribution in [0.3, 0.4) is 0 Å². The molecule has 1 saturated carbocycles. The quantitative estimate of drug-likeness (QED) is 0.872. The van der Waals surface area contributed by atoms with Gasteiger partial charge in [0.1, 0.15) is 6.07 Å². The highest BCUT2D eigenvalue weighted by molar-refractivity contribution is 6.32. The molecule has 1 aliphatic rings. The molecule has 1 fully saturated rings. The van der Waals surface area contributed by atoms with Crippen molar-refractivity contribution in [3.8, 4) is 6.07 Å². The summed E-state index contributed by atoms with van der Waals surface area (Å²) in [6.07, 6.45) is 3.45. The van der Waals surface area contributed by atoms with Crippen molar-refractivity contribution in [2.45, 2.75) is 31.7 Å². The third-order valence-electron chi connectivity index (χ3n) is 3.50. The Kier molecular flexibility index (Phi) is 4.41. The first-order valence-corrected chi connectivity index (χ1v) is 6.74. The number of benzene rings is 1. The average Bonchev–Trinajstić information content (AvgIpc) is 2.39. The van der Waals surface area contributed by atoms with Crippen molar-refractivity contribution in [3.63, 3.8) is 0 Å². The number of nitrogens with zero attached hydrogens (tertiary/aromatic N) is 1. The van der Waals surface area contributed by atoms with E-state index >= 15 is 0 Å². The molecule has 1 aromatic carbocycles. The summed E-state index contributed by atoms with van der Waals surface area (Å²) in [5, 5.41) is 12.0. The Morgan fingerprint density at radius 1 is 1.37 bits per heavy atom. The molecule has 0 aromatic heterocycles. The lowest BCUT2D eigenvalue weighted by atomic mass is 9.86. The van der Waals surface area contributed by atoms with E-state index in [-0.39, 0.29) is 17.9 Å². The third kappa shape index (κ3) is 3.46. The molecule has 1 amide bonds. The molecule has 5 heteroatoms. The lowest BCUT2D eigenvalue weighted by Crippen LogP contribution is -2.32. The van der Waals surface area contributed by atoms with Crippen LogP contribution < -0.4 is 11.1 Å². The largest absolute Gasteiger partial charge is 0.328 e. The Bertz CT molecular complexity index is 516. The molecule has 19 heavy (non-hydrogen) atoms. The molecule has 0 saturated heterocycles. The smallest absolute Gasteiger partial charge is 0.227 e. The average molecular weight is 278 g/mol. The Balaban J connectivity index is 1.99. The van der Waals surface area contributed by atoms with Crippen molar-refractivity contribution in [1.29, 1.82) is 5.26 Å². The van der Waals surface area contributed by atoms with Gasteiger partial charge < -0.3 is 11.1 Å². The van der Waals surface area contributed by atoms with Gasteiger partial charge in [-0.3, -0.25) is 4.79 Å². The maximum Gasteiger partial charge on any atom is 0.227 e. The Morgan fingerprint density at radius 3 is 2.63 bits per heavy atom. The van der Waals surface area contributed by atoms with Gasteiger partial charge in [-0.05, 0) is 43.9 Å². The molecule has 1 aromatic rings. The van der Waals surface area contributed by atoms with Crippen molar-refractivity contribution in [3.05, 3.63) is 28.8 Å². The van der Waals surface area contributed by atoms with Crippen LogP contribution in [0, 0.1) is 17.2 Å². The van der Waals surface area contributed by atoms with Crippen LogP contribution in [-0.2, 0) is 4.79 Å². The highest BCUT2D eigenvalue weighted by Crippen LogP contribution is 2.26. The number of hydrogen-bond acceptors (Lipinski definition) is 3. The maximum absolute atomic E-state index is 12.1. The van der Waals surface area contributed by atoms with Gasteiger partial charge in [-0.15, -0.1) is 0 Å². The number of amides is 1. The molecule has 0 atom stereocenters. The summed E-state index contributed by atoms with van der Waals surface area (Å²) in [7, 11) is 0. The van der Waals surface area contributed by atoms with E-state index in [4.69, 9.17) is 22.6 Å². The van der Waals surface area contributed by atoms with Crippen LogP contribution in [0.15, 0.2) is 18.2 Å². The summed E-state index contributed by atoms with van der Waals surface area (Å²) < 4.78 is 0. The third-order valence-corrected chi connectivity index (χ3v) is 3.81. The fraction of sp³-hybridized carbons (Fsp3) is 0.429.